The van der Waals surface area contributed by atoms with E-state index in [2.05, 4.69) is 33.0 Å². The normalized spacial score (nSPS) is 17.8. The molecular formula is C12H27NO. The maximum atomic E-state index is 5.32. The van der Waals surface area contributed by atoms with Gasteiger partial charge in [-0.2, -0.15) is 0 Å². The lowest BCUT2D eigenvalue weighted by Crippen LogP contribution is -2.37. The molecule has 3 unspecified atom stereocenters. The lowest BCUT2D eigenvalue weighted by atomic mass is 9.92. The summed E-state index contributed by atoms with van der Waals surface area (Å²) in [5.41, 5.74) is 0. The van der Waals surface area contributed by atoms with Gasteiger partial charge in [0.15, 0.2) is 0 Å². The maximum absolute atomic E-state index is 5.32. The van der Waals surface area contributed by atoms with E-state index in [9.17, 15) is 0 Å². The Labute approximate surface area is 89.4 Å². The van der Waals surface area contributed by atoms with E-state index in [4.69, 9.17) is 4.74 Å². The van der Waals surface area contributed by atoms with Gasteiger partial charge < -0.3 is 10.1 Å². The standard InChI is InChI=1S/C12H27NO/c1-6-8-10(3)12(13-7-2)9-11(4)14-5/h10-13H,6-9H2,1-5H3. The largest absolute Gasteiger partial charge is 0.382 e. The summed E-state index contributed by atoms with van der Waals surface area (Å²) in [6, 6.07) is 0.606. The Kier molecular flexibility index (Phi) is 8.20. The van der Waals surface area contributed by atoms with Gasteiger partial charge in [0.05, 0.1) is 6.10 Å². The monoisotopic (exact) mass is 201 g/mol. The van der Waals surface area contributed by atoms with Crippen LogP contribution in [0.3, 0.4) is 0 Å². The van der Waals surface area contributed by atoms with Gasteiger partial charge in [0.25, 0.3) is 0 Å². The molecule has 0 rings (SSSR count). The number of nitrogens with one attached hydrogen (secondary N) is 1. The van der Waals surface area contributed by atoms with Gasteiger partial charge in [-0.1, -0.05) is 27.2 Å². The molecule has 1 N–H and O–H groups in total. The van der Waals surface area contributed by atoms with Crippen LogP contribution in [0.15, 0.2) is 0 Å². The van der Waals surface area contributed by atoms with E-state index >= 15 is 0 Å². The van der Waals surface area contributed by atoms with Crippen molar-refractivity contribution in [3.05, 3.63) is 0 Å². The number of ether oxygens (including phenoxy) is 1. The van der Waals surface area contributed by atoms with Gasteiger partial charge in [0, 0.05) is 13.2 Å². The Balaban J connectivity index is 3.98. The van der Waals surface area contributed by atoms with Crippen LogP contribution in [0.1, 0.15) is 47.0 Å². The summed E-state index contributed by atoms with van der Waals surface area (Å²) in [5.74, 6) is 0.748. The van der Waals surface area contributed by atoms with Gasteiger partial charge in [-0.15, -0.1) is 0 Å². The topological polar surface area (TPSA) is 21.3 Å². The van der Waals surface area contributed by atoms with Crippen LogP contribution >= 0.6 is 0 Å². The van der Waals surface area contributed by atoms with Crippen molar-refractivity contribution in [3.63, 3.8) is 0 Å². The highest BCUT2D eigenvalue weighted by Gasteiger charge is 2.17. The fraction of sp³-hybridized carbons (Fsp3) is 1.00. The van der Waals surface area contributed by atoms with Crippen molar-refractivity contribution in [2.24, 2.45) is 5.92 Å². The zero-order valence-corrected chi connectivity index (χ0v) is 10.5. The predicted octanol–water partition coefficient (Wildman–Crippen LogP) is 2.83. The second kappa shape index (κ2) is 8.25. The quantitative estimate of drug-likeness (QED) is 0.652. The summed E-state index contributed by atoms with van der Waals surface area (Å²) < 4.78 is 5.32. The molecule has 0 spiro atoms. The number of rotatable bonds is 8. The van der Waals surface area contributed by atoms with Crippen molar-refractivity contribution < 1.29 is 4.74 Å². The lowest BCUT2D eigenvalue weighted by Gasteiger charge is -2.26. The summed E-state index contributed by atoms with van der Waals surface area (Å²) in [4.78, 5) is 0. The molecule has 0 fully saturated rings. The zero-order chi connectivity index (χ0) is 11.0. The number of methoxy groups -OCH3 is 1. The van der Waals surface area contributed by atoms with Crippen LogP contribution in [0.4, 0.5) is 0 Å². The first-order valence-electron chi connectivity index (χ1n) is 5.91. The average molecular weight is 201 g/mol. The molecule has 0 aliphatic rings. The Bertz CT molecular complexity index is 127. The molecule has 0 radical (unpaired) electrons. The molecule has 0 heterocycles. The summed E-state index contributed by atoms with van der Waals surface area (Å²) in [5, 5.41) is 3.55. The van der Waals surface area contributed by atoms with Gasteiger partial charge in [0.2, 0.25) is 0 Å². The van der Waals surface area contributed by atoms with Gasteiger partial charge >= 0.3 is 0 Å². The molecule has 86 valence electrons. The van der Waals surface area contributed by atoms with Crippen LogP contribution in [-0.4, -0.2) is 25.8 Å². The maximum Gasteiger partial charge on any atom is 0.0558 e. The van der Waals surface area contributed by atoms with Crippen LogP contribution < -0.4 is 5.32 Å². The predicted molar refractivity (Wildman–Crippen MR) is 62.6 cm³/mol. The van der Waals surface area contributed by atoms with Gasteiger partial charge in [-0.05, 0) is 32.2 Å². The van der Waals surface area contributed by atoms with Crippen molar-refractivity contribution in [2.45, 2.75) is 59.1 Å². The minimum atomic E-state index is 0.360. The second-order valence-electron chi connectivity index (χ2n) is 4.21. The SMILES string of the molecule is CCCC(C)C(CC(C)OC)NCC. The first kappa shape index (κ1) is 13.9. The molecule has 0 saturated carbocycles. The van der Waals surface area contributed by atoms with Crippen LogP contribution in [-0.2, 0) is 4.74 Å². The average Bonchev–Trinajstić information content (AvgIpc) is 2.17. The van der Waals surface area contributed by atoms with Crippen molar-refractivity contribution >= 4 is 0 Å². The molecule has 0 amide bonds. The van der Waals surface area contributed by atoms with E-state index in [0.29, 0.717) is 12.1 Å². The van der Waals surface area contributed by atoms with E-state index in [1.54, 1.807) is 7.11 Å². The molecule has 0 saturated heterocycles. The number of hydrogen-bond donors (Lipinski definition) is 1. The first-order valence-corrected chi connectivity index (χ1v) is 5.91. The summed E-state index contributed by atoms with van der Waals surface area (Å²) in [7, 11) is 1.79. The highest BCUT2D eigenvalue weighted by atomic mass is 16.5. The zero-order valence-electron chi connectivity index (χ0n) is 10.5. The van der Waals surface area contributed by atoms with Crippen molar-refractivity contribution in [1.29, 1.82) is 0 Å². The van der Waals surface area contributed by atoms with Crippen LogP contribution in [0.5, 0.6) is 0 Å². The second-order valence-corrected chi connectivity index (χ2v) is 4.21. The highest BCUT2D eigenvalue weighted by Crippen LogP contribution is 2.15. The van der Waals surface area contributed by atoms with E-state index in [1.165, 1.54) is 12.8 Å². The number of hydrogen-bond acceptors (Lipinski definition) is 2. The molecule has 0 aliphatic heterocycles. The molecule has 14 heavy (non-hydrogen) atoms. The molecule has 0 aliphatic carbocycles. The Morgan fingerprint density at radius 3 is 2.29 bits per heavy atom. The van der Waals surface area contributed by atoms with E-state index in [0.717, 1.165) is 18.9 Å². The third kappa shape index (κ3) is 5.61. The van der Waals surface area contributed by atoms with E-state index in [-0.39, 0.29) is 0 Å². The minimum Gasteiger partial charge on any atom is -0.382 e. The van der Waals surface area contributed by atoms with Crippen LogP contribution in [0, 0.1) is 5.92 Å². The smallest absolute Gasteiger partial charge is 0.0558 e. The van der Waals surface area contributed by atoms with E-state index < -0.39 is 0 Å². The van der Waals surface area contributed by atoms with Crippen LogP contribution in [0.25, 0.3) is 0 Å². The molecular weight excluding hydrogens is 174 g/mol. The third-order valence-electron chi connectivity index (χ3n) is 2.89. The fourth-order valence-electron chi connectivity index (χ4n) is 1.89. The lowest BCUT2D eigenvalue weighted by molar-refractivity contribution is 0.0925. The fourth-order valence-corrected chi connectivity index (χ4v) is 1.89. The third-order valence-corrected chi connectivity index (χ3v) is 2.89. The van der Waals surface area contributed by atoms with Crippen LogP contribution in [0.2, 0.25) is 0 Å². The highest BCUT2D eigenvalue weighted by molar-refractivity contribution is 4.75. The minimum absolute atomic E-state index is 0.360. The molecule has 2 nitrogen and oxygen atoms in total. The van der Waals surface area contributed by atoms with Gasteiger partial charge in [0.1, 0.15) is 0 Å². The molecule has 0 bridgehead atoms. The summed E-state index contributed by atoms with van der Waals surface area (Å²) in [6.45, 7) is 9.94. The molecule has 0 aromatic carbocycles. The van der Waals surface area contributed by atoms with E-state index in [1.807, 2.05) is 0 Å². The summed E-state index contributed by atoms with van der Waals surface area (Å²) >= 11 is 0. The van der Waals surface area contributed by atoms with Crippen molar-refractivity contribution in [3.8, 4) is 0 Å². The van der Waals surface area contributed by atoms with Crippen molar-refractivity contribution in [2.75, 3.05) is 13.7 Å². The Morgan fingerprint density at radius 2 is 1.86 bits per heavy atom. The first-order chi connectivity index (χ1) is 6.65. The summed E-state index contributed by atoms with van der Waals surface area (Å²) in [6.07, 6.45) is 4.04. The molecule has 3 atom stereocenters. The Hall–Kier alpha value is -0.0800. The van der Waals surface area contributed by atoms with Crippen molar-refractivity contribution in [1.82, 2.24) is 5.32 Å². The molecule has 2 heteroatoms. The Morgan fingerprint density at radius 1 is 1.21 bits per heavy atom. The van der Waals surface area contributed by atoms with Gasteiger partial charge in [-0.25, -0.2) is 0 Å². The van der Waals surface area contributed by atoms with Gasteiger partial charge in [-0.3, -0.25) is 0 Å². The molecule has 0 aromatic rings. The molecule has 0 aromatic heterocycles.